The van der Waals surface area contributed by atoms with Crippen LogP contribution >= 0.6 is 0 Å². The molecule has 47 heavy (non-hydrogen) atoms. The first-order valence-corrected chi connectivity index (χ1v) is 16.3. The molecule has 0 spiro atoms. The predicted molar refractivity (Wildman–Crippen MR) is 180 cm³/mol. The van der Waals surface area contributed by atoms with Crippen molar-refractivity contribution >= 4 is 17.6 Å². The van der Waals surface area contributed by atoms with Crippen LogP contribution in [0.1, 0.15) is 42.4 Å². The SMILES string of the molecule is CCCCN(C(=O)CN1CC(c2cc(OC)c3c(c2)OCO3)C(C(=O)O)C1Cc1ccccc1OC)c1cccc(C[N+](C)(C)C)c1. The lowest BCUT2D eigenvalue weighted by atomic mass is 9.83. The summed E-state index contributed by atoms with van der Waals surface area (Å²) in [6, 6.07) is 19.1. The van der Waals surface area contributed by atoms with Crippen LogP contribution in [0.3, 0.4) is 0 Å². The van der Waals surface area contributed by atoms with Crippen molar-refractivity contribution < 1.29 is 38.1 Å². The van der Waals surface area contributed by atoms with Gasteiger partial charge in [-0.1, -0.05) is 43.7 Å². The molecule has 252 valence electrons. The number of hydrogen-bond acceptors (Lipinski definition) is 7. The van der Waals surface area contributed by atoms with Crippen LogP contribution in [0.15, 0.2) is 60.7 Å². The minimum atomic E-state index is -0.919. The number of carboxylic acids is 1. The van der Waals surface area contributed by atoms with E-state index < -0.39 is 23.8 Å². The second-order valence-electron chi connectivity index (χ2n) is 13.5. The number of aliphatic carboxylic acids is 1. The van der Waals surface area contributed by atoms with Gasteiger partial charge < -0.3 is 33.4 Å². The van der Waals surface area contributed by atoms with E-state index in [9.17, 15) is 14.7 Å². The summed E-state index contributed by atoms with van der Waals surface area (Å²) in [7, 11) is 9.61. The Morgan fingerprint density at radius 2 is 1.77 bits per heavy atom. The zero-order chi connectivity index (χ0) is 33.7. The average Bonchev–Trinajstić information content (AvgIpc) is 3.65. The molecule has 3 atom stereocenters. The van der Waals surface area contributed by atoms with Crippen LogP contribution in [-0.4, -0.2) is 94.2 Å². The number of methoxy groups -OCH3 is 2. The topological polar surface area (TPSA) is 97.8 Å². The number of carboxylic acid groups (broad SMARTS) is 1. The zero-order valence-electron chi connectivity index (χ0n) is 28.4. The van der Waals surface area contributed by atoms with E-state index in [4.69, 9.17) is 18.9 Å². The van der Waals surface area contributed by atoms with Crippen molar-refractivity contribution in [1.29, 1.82) is 0 Å². The molecule has 0 aromatic heterocycles. The average molecular weight is 647 g/mol. The lowest BCUT2D eigenvalue weighted by molar-refractivity contribution is -0.884. The minimum Gasteiger partial charge on any atom is -0.496 e. The highest BCUT2D eigenvalue weighted by Crippen LogP contribution is 2.47. The van der Waals surface area contributed by atoms with E-state index >= 15 is 0 Å². The van der Waals surface area contributed by atoms with Gasteiger partial charge in [0.25, 0.3) is 0 Å². The van der Waals surface area contributed by atoms with Gasteiger partial charge in [-0.3, -0.25) is 14.5 Å². The van der Waals surface area contributed by atoms with Crippen molar-refractivity contribution in [2.45, 2.75) is 44.7 Å². The molecular formula is C37H48N3O7+. The zero-order valence-corrected chi connectivity index (χ0v) is 28.4. The monoisotopic (exact) mass is 646 g/mol. The number of amides is 1. The van der Waals surface area contributed by atoms with Gasteiger partial charge in [-0.25, -0.2) is 0 Å². The van der Waals surface area contributed by atoms with E-state index in [0.29, 0.717) is 42.5 Å². The van der Waals surface area contributed by atoms with Crippen LogP contribution in [0.4, 0.5) is 5.69 Å². The molecule has 3 aromatic rings. The molecule has 5 rings (SSSR count). The van der Waals surface area contributed by atoms with Gasteiger partial charge in [-0.15, -0.1) is 0 Å². The maximum absolute atomic E-state index is 14.3. The summed E-state index contributed by atoms with van der Waals surface area (Å²) in [5, 5.41) is 10.8. The maximum Gasteiger partial charge on any atom is 0.308 e. The molecule has 1 fully saturated rings. The first kappa shape index (κ1) is 34.1. The molecule has 1 N–H and O–H groups in total. The Morgan fingerprint density at radius 3 is 2.47 bits per heavy atom. The summed E-state index contributed by atoms with van der Waals surface area (Å²) in [6.45, 7) is 4.04. The van der Waals surface area contributed by atoms with Gasteiger partial charge in [0.2, 0.25) is 18.4 Å². The number of hydrogen-bond donors (Lipinski definition) is 1. The first-order valence-electron chi connectivity index (χ1n) is 16.3. The maximum atomic E-state index is 14.3. The largest absolute Gasteiger partial charge is 0.496 e. The summed E-state index contributed by atoms with van der Waals surface area (Å²) >= 11 is 0. The molecule has 0 radical (unpaired) electrons. The predicted octanol–water partition coefficient (Wildman–Crippen LogP) is 5.18. The van der Waals surface area contributed by atoms with Gasteiger partial charge in [-0.2, -0.15) is 0 Å². The van der Waals surface area contributed by atoms with Crippen LogP contribution < -0.4 is 23.8 Å². The normalized spacial score (nSPS) is 19.1. The van der Waals surface area contributed by atoms with Crippen LogP contribution in [-0.2, 0) is 22.6 Å². The van der Waals surface area contributed by atoms with Crippen LogP contribution in [0.5, 0.6) is 23.0 Å². The smallest absolute Gasteiger partial charge is 0.308 e. The molecular weight excluding hydrogens is 598 g/mol. The number of fused-ring (bicyclic) bond motifs is 1. The number of carbonyl (C=O) groups is 2. The minimum absolute atomic E-state index is 0.0565. The fraction of sp³-hybridized carbons (Fsp3) is 0.459. The Hall–Kier alpha value is -4.28. The van der Waals surface area contributed by atoms with Gasteiger partial charge in [0.1, 0.15) is 12.3 Å². The lowest BCUT2D eigenvalue weighted by Gasteiger charge is -2.30. The number of nitrogens with zero attached hydrogens (tertiary/aromatic N) is 3. The van der Waals surface area contributed by atoms with Gasteiger partial charge in [0.15, 0.2) is 11.5 Å². The summed E-state index contributed by atoms with van der Waals surface area (Å²) in [5.74, 6) is 0.00665. The van der Waals surface area contributed by atoms with Crippen molar-refractivity contribution in [3.63, 3.8) is 0 Å². The van der Waals surface area contributed by atoms with Crippen LogP contribution in [0, 0.1) is 5.92 Å². The third kappa shape index (κ3) is 7.82. The van der Waals surface area contributed by atoms with Crippen molar-refractivity contribution in [2.75, 3.05) is 66.7 Å². The highest BCUT2D eigenvalue weighted by Gasteiger charge is 2.48. The van der Waals surface area contributed by atoms with Gasteiger partial charge in [0.05, 0.1) is 47.8 Å². The number of ether oxygens (including phenoxy) is 4. The third-order valence-corrected chi connectivity index (χ3v) is 9.02. The molecule has 3 aromatic carbocycles. The number of rotatable bonds is 14. The standard InChI is InChI=1S/C37H47N3O7/c1-7-8-16-39(28-14-11-12-25(17-28)23-40(2,3)4)34(41)22-38-21-29(27-19-32(45-6)36-33(20-27)46-24-47-36)35(37(42)43)30(38)18-26-13-9-10-15-31(26)44-5/h9-15,17,19-20,29-30,35H,7-8,16,18,21-24H2,1-6H3/p+1. The number of carbonyl (C=O) groups excluding carboxylic acids is 1. The van der Waals surface area contributed by atoms with E-state index in [-0.39, 0.29) is 19.2 Å². The summed E-state index contributed by atoms with van der Waals surface area (Å²) in [5.41, 5.74) is 3.68. The fourth-order valence-electron chi connectivity index (χ4n) is 6.89. The fourth-order valence-corrected chi connectivity index (χ4v) is 6.89. The first-order chi connectivity index (χ1) is 22.5. The molecule has 3 unspecified atom stereocenters. The second kappa shape index (κ2) is 14.6. The molecule has 10 heteroatoms. The number of benzene rings is 3. The summed E-state index contributed by atoms with van der Waals surface area (Å²) in [4.78, 5) is 31.4. The van der Waals surface area contributed by atoms with E-state index in [1.54, 1.807) is 14.2 Å². The van der Waals surface area contributed by atoms with Crippen LogP contribution in [0.2, 0.25) is 0 Å². The molecule has 0 aliphatic carbocycles. The molecule has 2 aliphatic rings. The van der Waals surface area contributed by atoms with Crippen molar-refractivity contribution in [2.24, 2.45) is 5.92 Å². The molecule has 0 saturated carbocycles. The Morgan fingerprint density at radius 1 is 1.00 bits per heavy atom. The molecule has 2 heterocycles. The quantitative estimate of drug-likeness (QED) is 0.239. The number of unbranched alkanes of at least 4 members (excludes halogenated alkanes) is 1. The van der Waals surface area contributed by atoms with E-state index in [2.05, 4.69) is 40.2 Å². The Labute approximate surface area is 278 Å². The second-order valence-corrected chi connectivity index (χ2v) is 13.5. The molecule has 10 nitrogen and oxygen atoms in total. The molecule has 1 saturated heterocycles. The lowest BCUT2D eigenvalue weighted by Crippen LogP contribution is -2.45. The Kier molecular flexibility index (Phi) is 10.6. The number of quaternary nitrogens is 1. The van der Waals surface area contributed by atoms with Crippen molar-refractivity contribution in [3.05, 3.63) is 77.4 Å². The van der Waals surface area contributed by atoms with Gasteiger partial charge >= 0.3 is 5.97 Å². The van der Waals surface area contributed by atoms with Crippen molar-refractivity contribution in [1.82, 2.24) is 4.90 Å². The number of anilines is 1. The number of para-hydroxylation sites is 1. The van der Waals surface area contributed by atoms with Crippen LogP contribution in [0.25, 0.3) is 0 Å². The Balaban J connectivity index is 1.52. The highest BCUT2D eigenvalue weighted by atomic mass is 16.7. The van der Waals surface area contributed by atoms with E-state index in [1.807, 2.05) is 58.3 Å². The van der Waals surface area contributed by atoms with Gasteiger partial charge in [0, 0.05) is 36.3 Å². The highest BCUT2D eigenvalue weighted by molar-refractivity contribution is 5.95. The molecule has 2 aliphatic heterocycles. The number of likely N-dealkylation sites (tertiary alicyclic amines) is 1. The molecule has 1 amide bonds. The third-order valence-electron chi connectivity index (χ3n) is 9.02. The van der Waals surface area contributed by atoms with E-state index in [1.165, 1.54) is 0 Å². The summed E-state index contributed by atoms with van der Waals surface area (Å²) in [6.07, 6.45) is 2.20. The summed E-state index contributed by atoms with van der Waals surface area (Å²) < 4.78 is 23.3. The van der Waals surface area contributed by atoms with Crippen molar-refractivity contribution in [3.8, 4) is 23.0 Å². The van der Waals surface area contributed by atoms with E-state index in [0.717, 1.165) is 46.2 Å². The Bertz CT molecular complexity index is 1570. The molecule has 0 bridgehead atoms. The van der Waals surface area contributed by atoms with Gasteiger partial charge in [-0.05, 0) is 54.3 Å².